The van der Waals surface area contributed by atoms with Gasteiger partial charge < -0.3 is 10.3 Å². The van der Waals surface area contributed by atoms with Crippen molar-refractivity contribution in [3.8, 4) is 6.07 Å². The van der Waals surface area contributed by atoms with E-state index in [1.165, 1.54) is 18.2 Å². The lowest BCUT2D eigenvalue weighted by molar-refractivity contribution is -0.137. The number of H-pyrrole nitrogens is 1. The van der Waals surface area contributed by atoms with E-state index < -0.39 is 17.6 Å². The van der Waals surface area contributed by atoms with Crippen molar-refractivity contribution in [3.63, 3.8) is 0 Å². The maximum atomic E-state index is 12.8. The van der Waals surface area contributed by atoms with Gasteiger partial charge in [-0.15, -0.1) is 0 Å². The van der Waals surface area contributed by atoms with Crippen molar-refractivity contribution in [2.24, 2.45) is 0 Å². The highest BCUT2D eigenvalue weighted by Gasteiger charge is 2.30. The number of aromatic amines is 1. The molecule has 3 aromatic rings. The summed E-state index contributed by atoms with van der Waals surface area (Å²) in [5, 5.41) is 12.6. The molecule has 0 aliphatic heterocycles. The van der Waals surface area contributed by atoms with Gasteiger partial charge in [-0.25, -0.2) is 0 Å². The van der Waals surface area contributed by atoms with Crippen LogP contribution in [0.3, 0.4) is 0 Å². The molecule has 4 nitrogen and oxygen atoms in total. The zero-order valence-corrected chi connectivity index (χ0v) is 14.9. The zero-order chi connectivity index (χ0) is 20.3. The van der Waals surface area contributed by atoms with Crippen molar-refractivity contribution in [2.45, 2.75) is 19.5 Å². The van der Waals surface area contributed by atoms with E-state index in [-0.39, 0.29) is 11.3 Å². The number of benzene rings is 2. The van der Waals surface area contributed by atoms with Gasteiger partial charge in [-0.2, -0.15) is 18.4 Å². The fraction of sp³-hybridized carbons (Fsp3) is 0.143. The second-order valence-electron chi connectivity index (χ2n) is 6.14. The number of alkyl halides is 3. The Kier molecular flexibility index (Phi) is 5.23. The monoisotopic (exact) mass is 383 g/mol. The summed E-state index contributed by atoms with van der Waals surface area (Å²) in [4.78, 5) is 15.5. The first-order valence-corrected chi connectivity index (χ1v) is 8.53. The summed E-state index contributed by atoms with van der Waals surface area (Å²) in [6, 6.07) is 11.8. The van der Waals surface area contributed by atoms with Gasteiger partial charge in [-0.1, -0.05) is 31.2 Å². The molecule has 28 heavy (non-hydrogen) atoms. The quantitative estimate of drug-likeness (QED) is 0.474. The Balaban J connectivity index is 1.90. The Morgan fingerprint density at radius 3 is 2.68 bits per heavy atom. The molecule has 1 aromatic heterocycles. The number of carbonyl (C=O) groups excluding carboxylic acids is 1. The molecule has 1 heterocycles. The fourth-order valence-corrected chi connectivity index (χ4v) is 2.93. The van der Waals surface area contributed by atoms with Crippen molar-refractivity contribution < 1.29 is 18.0 Å². The lowest BCUT2D eigenvalue weighted by Gasteiger charge is -2.09. The van der Waals surface area contributed by atoms with Crippen LogP contribution in [0, 0.1) is 11.3 Å². The molecule has 0 spiro atoms. The van der Waals surface area contributed by atoms with Crippen LogP contribution in [0.4, 0.5) is 18.9 Å². The molecule has 0 saturated heterocycles. The summed E-state index contributed by atoms with van der Waals surface area (Å²) < 4.78 is 38.4. The summed E-state index contributed by atoms with van der Waals surface area (Å²) in [6.07, 6.45) is -0.586. The second-order valence-corrected chi connectivity index (χ2v) is 6.14. The highest BCUT2D eigenvalue weighted by molar-refractivity contribution is 6.10. The van der Waals surface area contributed by atoms with Crippen molar-refractivity contribution in [1.29, 1.82) is 5.26 Å². The molecule has 0 bridgehead atoms. The average Bonchev–Trinajstić information content (AvgIpc) is 3.08. The van der Waals surface area contributed by atoms with Crippen LogP contribution in [0.5, 0.6) is 0 Å². The third kappa shape index (κ3) is 3.91. The number of hydrogen-bond donors (Lipinski definition) is 2. The molecule has 0 atom stereocenters. The number of hydrogen-bond acceptors (Lipinski definition) is 2. The molecule has 0 unspecified atom stereocenters. The first-order chi connectivity index (χ1) is 13.3. The van der Waals surface area contributed by atoms with E-state index in [4.69, 9.17) is 0 Å². The highest BCUT2D eigenvalue weighted by Crippen LogP contribution is 2.31. The van der Waals surface area contributed by atoms with E-state index >= 15 is 0 Å². The van der Waals surface area contributed by atoms with E-state index in [1.807, 2.05) is 31.2 Å². The van der Waals surface area contributed by atoms with Crippen LogP contribution < -0.4 is 5.32 Å². The number of halogens is 3. The minimum atomic E-state index is -4.52. The first-order valence-electron chi connectivity index (χ1n) is 8.53. The van der Waals surface area contributed by atoms with Gasteiger partial charge in [-0.05, 0) is 36.3 Å². The molecule has 3 rings (SSSR count). The topological polar surface area (TPSA) is 68.7 Å². The molecular weight excluding hydrogens is 367 g/mol. The van der Waals surface area contributed by atoms with Gasteiger partial charge in [0, 0.05) is 28.4 Å². The maximum Gasteiger partial charge on any atom is 0.416 e. The second kappa shape index (κ2) is 7.61. The lowest BCUT2D eigenvalue weighted by Crippen LogP contribution is -2.14. The Morgan fingerprint density at radius 1 is 1.25 bits per heavy atom. The first kappa shape index (κ1) is 19.2. The van der Waals surface area contributed by atoms with E-state index in [1.54, 1.807) is 6.20 Å². The molecule has 2 aromatic carbocycles. The molecule has 142 valence electrons. The van der Waals surface area contributed by atoms with E-state index in [0.29, 0.717) is 5.56 Å². The number of rotatable bonds is 4. The number of nitrogens with one attached hydrogen (secondary N) is 2. The molecule has 2 N–H and O–H groups in total. The summed E-state index contributed by atoms with van der Waals surface area (Å²) in [5.41, 5.74) is 1.56. The number of amides is 1. The molecule has 7 heteroatoms. The molecule has 0 aliphatic rings. The van der Waals surface area contributed by atoms with Crippen molar-refractivity contribution >= 4 is 28.6 Å². The number of anilines is 1. The normalized spacial score (nSPS) is 12.0. The number of nitriles is 1. The molecule has 0 aliphatic carbocycles. The Bertz CT molecular complexity index is 1100. The predicted octanol–water partition coefficient (Wildman–Crippen LogP) is 5.29. The van der Waals surface area contributed by atoms with Gasteiger partial charge in [0.25, 0.3) is 5.91 Å². The van der Waals surface area contributed by atoms with Crippen LogP contribution in [0.1, 0.15) is 23.6 Å². The van der Waals surface area contributed by atoms with Gasteiger partial charge in [-0.3, -0.25) is 4.79 Å². The van der Waals surface area contributed by atoms with E-state index in [9.17, 15) is 23.2 Å². The molecule has 0 saturated carbocycles. The van der Waals surface area contributed by atoms with Crippen LogP contribution in [-0.2, 0) is 17.4 Å². The highest BCUT2D eigenvalue weighted by atomic mass is 19.4. The third-order valence-corrected chi connectivity index (χ3v) is 4.33. The van der Waals surface area contributed by atoms with Gasteiger partial charge in [0.15, 0.2) is 0 Å². The molecule has 1 amide bonds. The van der Waals surface area contributed by atoms with Crippen molar-refractivity contribution in [1.82, 2.24) is 4.98 Å². The molecular formula is C21H16F3N3O. The minimum Gasteiger partial charge on any atom is -0.360 e. The Morgan fingerprint density at radius 2 is 2.00 bits per heavy atom. The Hall–Kier alpha value is -3.53. The summed E-state index contributed by atoms with van der Waals surface area (Å²) >= 11 is 0. The van der Waals surface area contributed by atoms with E-state index in [2.05, 4.69) is 10.3 Å². The van der Waals surface area contributed by atoms with Crippen LogP contribution in [0.25, 0.3) is 17.0 Å². The molecule has 0 fully saturated rings. The Labute approximate surface area is 159 Å². The number of nitrogens with zero attached hydrogens (tertiary/aromatic N) is 1. The number of fused-ring (bicyclic) bond motifs is 1. The number of aryl methyl sites for hydroxylation is 1. The lowest BCUT2D eigenvalue weighted by atomic mass is 10.1. The van der Waals surface area contributed by atoms with Crippen LogP contribution in [0.15, 0.2) is 54.2 Å². The fourth-order valence-electron chi connectivity index (χ4n) is 2.93. The number of aromatic nitrogens is 1. The number of para-hydroxylation sites is 1. The smallest absolute Gasteiger partial charge is 0.360 e. The third-order valence-electron chi connectivity index (χ3n) is 4.33. The van der Waals surface area contributed by atoms with Gasteiger partial charge >= 0.3 is 6.18 Å². The zero-order valence-electron chi connectivity index (χ0n) is 14.9. The van der Waals surface area contributed by atoms with Crippen LogP contribution >= 0.6 is 0 Å². The van der Waals surface area contributed by atoms with Crippen molar-refractivity contribution in [2.75, 3.05) is 5.32 Å². The average molecular weight is 383 g/mol. The maximum absolute atomic E-state index is 12.8. The van der Waals surface area contributed by atoms with Gasteiger partial charge in [0.2, 0.25) is 0 Å². The van der Waals surface area contributed by atoms with Crippen molar-refractivity contribution in [3.05, 3.63) is 70.9 Å². The predicted molar refractivity (Wildman–Crippen MR) is 101 cm³/mol. The summed E-state index contributed by atoms with van der Waals surface area (Å²) in [7, 11) is 0. The van der Waals surface area contributed by atoms with Gasteiger partial charge in [0.1, 0.15) is 11.6 Å². The number of carbonyl (C=O) groups is 1. The van der Waals surface area contributed by atoms with Gasteiger partial charge in [0.05, 0.1) is 5.56 Å². The van der Waals surface area contributed by atoms with E-state index in [0.717, 1.165) is 35.0 Å². The largest absolute Gasteiger partial charge is 0.416 e. The summed E-state index contributed by atoms with van der Waals surface area (Å²) in [6.45, 7) is 2.02. The molecule has 0 radical (unpaired) electrons. The minimum absolute atomic E-state index is 0.0341. The standard InChI is InChI=1S/C21H16F3N3O/c1-2-13-5-3-8-18-15(12-26-19(13)18)9-14(11-25)20(28)27-17-7-4-6-16(10-17)21(22,23)24/h3-10,12,26H,2H2,1H3,(H,27,28)/b14-9+. The summed E-state index contributed by atoms with van der Waals surface area (Å²) in [5.74, 6) is -0.775. The van der Waals surface area contributed by atoms with Crippen LogP contribution in [0.2, 0.25) is 0 Å². The van der Waals surface area contributed by atoms with Crippen LogP contribution in [-0.4, -0.2) is 10.9 Å². The SMILES string of the molecule is CCc1cccc2c(/C=C(\C#N)C(=O)Nc3cccc(C(F)(F)F)c3)c[nH]c12.